The van der Waals surface area contributed by atoms with Crippen molar-refractivity contribution in [1.29, 1.82) is 0 Å². The fraction of sp³-hybridized carbons (Fsp3) is 1.00. The zero-order chi connectivity index (χ0) is 6.58. The Morgan fingerprint density at radius 2 is 1.29 bits per heavy atom. The molecule has 0 atom stereocenters. The molecule has 0 N–H and O–H groups in total. The van der Waals surface area contributed by atoms with E-state index in [-0.39, 0.29) is 0 Å². The summed E-state index contributed by atoms with van der Waals surface area (Å²) in [7, 11) is -8.07. The normalized spacial score (nSPS) is 36.9. The summed E-state index contributed by atoms with van der Waals surface area (Å²) in [5.41, 5.74) is 0. The third-order valence-electron chi connectivity index (χ3n) is 0.522. The van der Waals surface area contributed by atoms with Gasteiger partial charge < -0.3 is 0 Å². The lowest BCUT2D eigenvalue weighted by Crippen LogP contribution is -1.72. The minimum Gasteiger partial charge on any atom is -0.211 e. The Morgan fingerprint density at radius 3 is 1.29 bits per heavy atom. The topological polar surface area (TPSA) is 68.3 Å². The van der Waals surface area contributed by atoms with Crippen molar-refractivity contribution in [2.75, 3.05) is 5.06 Å². The van der Waals surface area contributed by atoms with Gasteiger partial charge in [-0.1, -0.05) is 0 Å². The van der Waals surface area contributed by atoms with Gasteiger partial charge in [0, 0.05) is 0 Å². The van der Waals surface area contributed by atoms with Gasteiger partial charge in [-0.15, -0.1) is 0 Å². The molecule has 1 rings (SSSR count). The molecule has 7 heavy (non-hydrogen) atoms. The molecule has 1 saturated heterocycles. The molecule has 1 aliphatic rings. The van der Waals surface area contributed by atoms with Crippen LogP contribution in [0.15, 0.2) is 0 Å². The fourth-order valence-corrected chi connectivity index (χ4v) is 2.31. The minimum absolute atomic E-state index is 1.89. The molecular weight excluding hydrogens is 140 g/mol. The molecule has 42 valence electrons. The van der Waals surface area contributed by atoms with Gasteiger partial charge >= 0.3 is 0 Å². The molecule has 0 saturated carbocycles. The lowest BCUT2D eigenvalue weighted by molar-refractivity contribution is 0.603. The highest BCUT2D eigenvalue weighted by Gasteiger charge is 2.50. The first kappa shape index (κ1) is 3.85. The van der Waals surface area contributed by atoms with Crippen LogP contribution in [0.1, 0.15) is 1.37 Å². The monoisotopic (exact) mass is 143 g/mol. The van der Waals surface area contributed by atoms with Gasteiger partial charge in [0.25, 0.3) is 17.7 Å². The molecule has 0 aromatic rings. The zero-order valence-corrected chi connectivity index (χ0v) is 4.66. The van der Waals surface area contributed by atoms with Crippen molar-refractivity contribution >= 4 is 17.7 Å². The standard InChI is InChI=1S/CH2O4S2/c2-6(3)1-7(6,4)5/h1H2/i1D. The maximum absolute atomic E-state index is 9.95. The molecule has 0 amide bonds. The first-order valence-electron chi connectivity index (χ1n) is 1.88. The Morgan fingerprint density at radius 1 is 1.14 bits per heavy atom. The predicted octanol–water partition coefficient (Wildman–Crippen LogP) is -1.30. The summed E-state index contributed by atoms with van der Waals surface area (Å²) in [5, 5.41) is -1.89. The van der Waals surface area contributed by atoms with Gasteiger partial charge in [-0.25, -0.2) is 16.8 Å². The summed E-state index contributed by atoms with van der Waals surface area (Å²) >= 11 is 0. The Kier molecular flexibility index (Phi) is 0.468. The van der Waals surface area contributed by atoms with Gasteiger partial charge in [0.15, 0.2) is 5.06 Å². The second-order valence-electron chi connectivity index (χ2n) is 1.08. The van der Waals surface area contributed by atoms with Crippen LogP contribution in [0.4, 0.5) is 0 Å². The third-order valence-corrected chi connectivity index (χ3v) is 4.69. The van der Waals surface area contributed by atoms with Crippen molar-refractivity contribution in [2.45, 2.75) is 0 Å². The van der Waals surface area contributed by atoms with Crippen LogP contribution in [0.5, 0.6) is 0 Å². The van der Waals surface area contributed by atoms with Crippen LogP contribution in [0.3, 0.4) is 0 Å². The molecule has 1 fully saturated rings. The number of hydrogen-bond acceptors (Lipinski definition) is 4. The maximum Gasteiger partial charge on any atom is 0.270 e. The van der Waals surface area contributed by atoms with Crippen LogP contribution in [-0.2, 0) is 17.7 Å². The Balaban J connectivity index is 3.49. The van der Waals surface area contributed by atoms with E-state index in [4.69, 9.17) is 1.37 Å². The summed E-state index contributed by atoms with van der Waals surface area (Å²) in [6.07, 6.45) is 0. The van der Waals surface area contributed by atoms with Crippen LogP contribution < -0.4 is 0 Å². The Labute approximate surface area is 41.8 Å². The second-order valence-corrected chi connectivity index (χ2v) is 6.61. The molecule has 0 aromatic carbocycles. The smallest absolute Gasteiger partial charge is 0.211 e. The van der Waals surface area contributed by atoms with Crippen LogP contribution in [0.25, 0.3) is 0 Å². The molecule has 4 nitrogen and oxygen atoms in total. The number of rotatable bonds is 0. The largest absolute Gasteiger partial charge is 0.270 e. The highest BCUT2D eigenvalue weighted by Crippen LogP contribution is 2.22. The first-order chi connectivity index (χ1) is 3.40. The lowest BCUT2D eigenvalue weighted by Gasteiger charge is -1.50. The minimum atomic E-state index is -4.03. The first-order valence-corrected chi connectivity index (χ1v) is 4.91. The average molecular weight is 143 g/mol. The molecule has 0 spiro atoms. The average Bonchev–Trinajstić information content (AvgIpc) is 1.88. The van der Waals surface area contributed by atoms with Gasteiger partial charge in [0.05, 0.1) is 1.37 Å². The molecule has 1 heterocycles. The van der Waals surface area contributed by atoms with E-state index in [1.807, 2.05) is 0 Å². The van der Waals surface area contributed by atoms with Gasteiger partial charge in [-0.05, 0) is 0 Å². The van der Waals surface area contributed by atoms with Crippen molar-refractivity contribution in [2.24, 2.45) is 0 Å². The second kappa shape index (κ2) is 0.851. The molecular formula is CH2O4S2. The van der Waals surface area contributed by atoms with Crippen LogP contribution >= 0.6 is 0 Å². The van der Waals surface area contributed by atoms with Crippen LogP contribution in [0, 0.1) is 0 Å². The van der Waals surface area contributed by atoms with Crippen LogP contribution in [-0.4, -0.2) is 21.9 Å². The molecule has 1 aliphatic heterocycles. The summed E-state index contributed by atoms with van der Waals surface area (Å²) in [6.45, 7) is 0. The molecule has 6 heteroatoms. The Bertz CT molecular complexity index is 263. The van der Waals surface area contributed by atoms with E-state index in [0.717, 1.165) is 0 Å². The summed E-state index contributed by atoms with van der Waals surface area (Å²) in [6, 6.07) is 0. The van der Waals surface area contributed by atoms with Crippen molar-refractivity contribution in [1.82, 2.24) is 0 Å². The van der Waals surface area contributed by atoms with Gasteiger partial charge in [0.1, 0.15) is 0 Å². The van der Waals surface area contributed by atoms with Crippen LogP contribution in [0.2, 0.25) is 0 Å². The summed E-state index contributed by atoms with van der Waals surface area (Å²) in [5.74, 6) is 0. The third kappa shape index (κ3) is 0.539. The molecule has 0 aliphatic carbocycles. The highest BCUT2D eigenvalue weighted by atomic mass is 33.2. The van der Waals surface area contributed by atoms with E-state index in [2.05, 4.69) is 0 Å². The van der Waals surface area contributed by atoms with Crippen molar-refractivity contribution in [3.8, 4) is 0 Å². The Hall–Kier alpha value is -0.100. The highest BCUT2D eigenvalue weighted by molar-refractivity contribution is 8.82. The quantitative estimate of drug-likeness (QED) is 0.312. The fourth-order valence-electron chi connectivity index (χ4n) is 0.128. The predicted molar refractivity (Wildman–Crippen MR) is 22.7 cm³/mol. The van der Waals surface area contributed by atoms with Gasteiger partial charge in [-0.3, -0.25) is 0 Å². The lowest BCUT2D eigenvalue weighted by atomic mass is 11.9. The van der Waals surface area contributed by atoms with Crippen molar-refractivity contribution < 1.29 is 18.2 Å². The van der Waals surface area contributed by atoms with E-state index in [1.54, 1.807) is 0 Å². The SMILES string of the molecule is [2H]C1S(=O)(=O)S1(=O)=O. The van der Waals surface area contributed by atoms with E-state index >= 15 is 0 Å². The summed E-state index contributed by atoms with van der Waals surface area (Å²) < 4.78 is 46.1. The van der Waals surface area contributed by atoms with Crippen molar-refractivity contribution in [3.05, 3.63) is 0 Å². The molecule has 0 bridgehead atoms. The van der Waals surface area contributed by atoms with Gasteiger partial charge in [0.2, 0.25) is 0 Å². The maximum atomic E-state index is 9.95. The van der Waals surface area contributed by atoms with Gasteiger partial charge in [-0.2, -0.15) is 0 Å². The van der Waals surface area contributed by atoms with Crippen molar-refractivity contribution in [3.63, 3.8) is 0 Å². The van der Waals surface area contributed by atoms with E-state index in [0.29, 0.717) is 0 Å². The molecule has 0 unspecified atom stereocenters. The summed E-state index contributed by atoms with van der Waals surface area (Å²) in [4.78, 5) is 0. The molecule has 0 aromatic heterocycles. The van der Waals surface area contributed by atoms with E-state index in [9.17, 15) is 16.8 Å². The molecule has 0 radical (unpaired) electrons. The number of hydrogen-bond donors (Lipinski definition) is 0. The van der Waals surface area contributed by atoms with E-state index < -0.39 is 22.8 Å². The zero-order valence-electron chi connectivity index (χ0n) is 4.03. The van der Waals surface area contributed by atoms with E-state index in [1.165, 1.54) is 0 Å².